The van der Waals surface area contributed by atoms with E-state index in [9.17, 15) is 14.4 Å². The Balaban J connectivity index is 1.72. The van der Waals surface area contributed by atoms with Crippen molar-refractivity contribution >= 4 is 39.1 Å². The largest absolute Gasteiger partial charge is 0.497 e. The van der Waals surface area contributed by atoms with Gasteiger partial charge < -0.3 is 19.4 Å². The van der Waals surface area contributed by atoms with Crippen LogP contribution in [0.25, 0.3) is 10.8 Å². The molecule has 0 fully saturated rings. The van der Waals surface area contributed by atoms with Gasteiger partial charge in [0.2, 0.25) is 5.91 Å². The minimum atomic E-state index is -0.458. The van der Waals surface area contributed by atoms with E-state index in [1.807, 2.05) is 13.8 Å². The van der Waals surface area contributed by atoms with Gasteiger partial charge in [-0.3, -0.25) is 9.59 Å². The fraction of sp³-hybridized carbons (Fsp3) is 0.333. The molecule has 0 saturated carbocycles. The van der Waals surface area contributed by atoms with Gasteiger partial charge >= 0.3 is 5.97 Å². The van der Waals surface area contributed by atoms with Gasteiger partial charge in [0, 0.05) is 11.6 Å². The molecule has 0 aliphatic heterocycles. The first-order valence-corrected chi connectivity index (χ1v) is 10.2. The lowest BCUT2D eigenvalue weighted by Crippen LogP contribution is -2.27. The van der Waals surface area contributed by atoms with Gasteiger partial charge in [-0.15, -0.1) is 0 Å². The molecule has 9 heteroatoms. The third-order valence-electron chi connectivity index (χ3n) is 4.27. The van der Waals surface area contributed by atoms with Crippen molar-refractivity contribution in [3.8, 4) is 5.75 Å². The van der Waals surface area contributed by atoms with E-state index >= 15 is 0 Å². The standard InChI is InChI=1S/C21H23N3O5S/c1-12(2)11-29-20(27)18-13(3)22-21(30-18)23-17(25)10-24-8-7-14-9-15(28-4)5-6-16(14)19(24)26/h5-9,12H,10-11H2,1-4H3,(H,22,23,25). The lowest BCUT2D eigenvalue weighted by molar-refractivity contribution is -0.116. The maximum absolute atomic E-state index is 12.7. The zero-order valence-electron chi connectivity index (χ0n) is 17.2. The number of carbonyl (C=O) groups is 2. The van der Waals surface area contributed by atoms with Crippen molar-refractivity contribution in [1.82, 2.24) is 9.55 Å². The highest BCUT2D eigenvalue weighted by Gasteiger charge is 2.18. The van der Waals surface area contributed by atoms with Gasteiger partial charge in [-0.05, 0) is 42.5 Å². The van der Waals surface area contributed by atoms with Crippen molar-refractivity contribution in [1.29, 1.82) is 0 Å². The maximum Gasteiger partial charge on any atom is 0.350 e. The summed E-state index contributed by atoms with van der Waals surface area (Å²) in [5, 5.41) is 4.16. The Hall–Kier alpha value is -3.20. The lowest BCUT2D eigenvalue weighted by atomic mass is 10.1. The van der Waals surface area contributed by atoms with Crippen LogP contribution in [0.1, 0.15) is 29.2 Å². The Morgan fingerprint density at radius 1 is 1.27 bits per heavy atom. The zero-order valence-corrected chi connectivity index (χ0v) is 18.0. The normalized spacial score (nSPS) is 11.0. The number of aromatic nitrogens is 2. The highest BCUT2D eigenvalue weighted by molar-refractivity contribution is 7.17. The fourth-order valence-corrected chi connectivity index (χ4v) is 3.65. The number of benzene rings is 1. The quantitative estimate of drug-likeness (QED) is 0.579. The number of pyridine rings is 1. The number of rotatable bonds is 7. The molecule has 0 unspecified atom stereocenters. The molecule has 0 aliphatic carbocycles. The molecule has 2 aromatic heterocycles. The van der Waals surface area contributed by atoms with Crippen LogP contribution in [0.3, 0.4) is 0 Å². The zero-order chi connectivity index (χ0) is 21.8. The number of hydrogen-bond donors (Lipinski definition) is 1. The molecule has 158 valence electrons. The third-order valence-corrected chi connectivity index (χ3v) is 5.33. The number of carbonyl (C=O) groups excluding carboxylic acids is 2. The summed E-state index contributed by atoms with van der Waals surface area (Å²) in [6, 6.07) is 6.89. The predicted molar refractivity (Wildman–Crippen MR) is 115 cm³/mol. The van der Waals surface area contributed by atoms with Crippen LogP contribution >= 0.6 is 11.3 Å². The van der Waals surface area contributed by atoms with Crippen molar-refractivity contribution in [2.75, 3.05) is 19.0 Å². The summed E-state index contributed by atoms with van der Waals surface area (Å²) in [7, 11) is 1.56. The van der Waals surface area contributed by atoms with Gasteiger partial charge in [0.25, 0.3) is 5.56 Å². The Kier molecular flexibility index (Phi) is 6.51. The molecule has 1 N–H and O–H groups in total. The number of aryl methyl sites for hydroxylation is 1. The topological polar surface area (TPSA) is 99.5 Å². The number of methoxy groups -OCH3 is 1. The summed E-state index contributed by atoms with van der Waals surface area (Å²) in [5.41, 5.74) is 0.208. The minimum Gasteiger partial charge on any atom is -0.497 e. The molecule has 1 aromatic carbocycles. The van der Waals surface area contributed by atoms with Crippen LogP contribution in [0.5, 0.6) is 5.75 Å². The highest BCUT2D eigenvalue weighted by atomic mass is 32.1. The van der Waals surface area contributed by atoms with Crippen LogP contribution in [0.2, 0.25) is 0 Å². The van der Waals surface area contributed by atoms with E-state index in [2.05, 4.69) is 10.3 Å². The summed E-state index contributed by atoms with van der Waals surface area (Å²) in [4.78, 5) is 41.8. The number of nitrogens with zero attached hydrogens (tertiary/aromatic N) is 2. The summed E-state index contributed by atoms with van der Waals surface area (Å²) in [6.45, 7) is 5.72. The van der Waals surface area contributed by atoms with E-state index in [1.165, 1.54) is 4.57 Å². The number of amides is 1. The van der Waals surface area contributed by atoms with Crippen molar-refractivity contribution < 1.29 is 19.1 Å². The summed E-state index contributed by atoms with van der Waals surface area (Å²) < 4.78 is 11.7. The minimum absolute atomic E-state index is 0.174. The van der Waals surface area contributed by atoms with Gasteiger partial charge in [-0.2, -0.15) is 0 Å². The first-order valence-electron chi connectivity index (χ1n) is 9.40. The molecule has 30 heavy (non-hydrogen) atoms. The van der Waals surface area contributed by atoms with E-state index in [-0.39, 0.29) is 23.2 Å². The summed E-state index contributed by atoms with van der Waals surface area (Å²) in [6.07, 6.45) is 1.56. The van der Waals surface area contributed by atoms with Gasteiger partial charge in [0.15, 0.2) is 5.13 Å². The number of esters is 1. The smallest absolute Gasteiger partial charge is 0.350 e. The van der Waals surface area contributed by atoms with Crippen LogP contribution in [-0.2, 0) is 16.1 Å². The van der Waals surface area contributed by atoms with Gasteiger partial charge in [0.1, 0.15) is 17.2 Å². The van der Waals surface area contributed by atoms with E-state index in [0.29, 0.717) is 28.3 Å². The van der Waals surface area contributed by atoms with E-state index in [1.54, 1.807) is 44.5 Å². The molecular formula is C21H23N3O5S. The molecule has 3 aromatic rings. The number of ether oxygens (including phenoxy) is 2. The van der Waals surface area contributed by atoms with Crippen molar-refractivity contribution in [3.63, 3.8) is 0 Å². The Labute approximate surface area is 177 Å². The van der Waals surface area contributed by atoms with E-state index in [0.717, 1.165) is 16.7 Å². The van der Waals surface area contributed by atoms with Gasteiger partial charge in [0.05, 0.1) is 19.4 Å². The molecular weight excluding hydrogens is 406 g/mol. The van der Waals surface area contributed by atoms with Crippen molar-refractivity contribution in [2.24, 2.45) is 5.92 Å². The van der Waals surface area contributed by atoms with Gasteiger partial charge in [-0.25, -0.2) is 9.78 Å². The number of fused-ring (bicyclic) bond motifs is 1. The van der Waals surface area contributed by atoms with Crippen molar-refractivity contribution in [2.45, 2.75) is 27.3 Å². The fourth-order valence-electron chi connectivity index (χ4n) is 2.78. The average molecular weight is 429 g/mol. The highest BCUT2D eigenvalue weighted by Crippen LogP contribution is 2.24. The summed E-state index contributed by atoms with van der Waals surface area (Å²) in [5.74, 6) is 0.00291. The average Bonchev–Trinajstić information content (AvgIpc) is 3.07. The molecule has 1 amide bonds. The molecule has 0 spiro atoms. The van der Waals surface area contributed by atoms with Crippen LogP contribution < -0.4 is 15.6 Å². The monoisotopic (exact) mass is 429 g/mol. The molecule has 0 saturated heterocycles. The van der Waals surface area contributed by atoms with Gasteiger partial charge in [-0.1, -0.05) is 25.2 Å². The molecule has 0 bridgehead atoms. The number of anilines is 1. The molecule has 8 nitrogen and oxygen atoms in total. The molecule has 0 radical (unpaired) electrons. The van der Waals surface area contributed by atoms with Crippen LogP contribution in [0.4, 0.5) is 5.13 Å². The second-order valence-electron chi connectivity index (χ2n) is 7.18. The lowest BCUT2D eigenvalue weighted by Gasteiger charge is -2.08. The molecule has 0 atom stereocenters. The van der Waals surface area contributed by atoms with Crippen LogP contribution in [-0.4, -0.2) is 35.1 Å². The SMILES string of the molecule is COc1ccc2c(=O)n(CC(=O)Nc3nc(C)c(C(=O)OCC(C)C)s3)ccc2c1. The van der Waals surface area contributed by atoms with Crippen LogP contribution in [0.15, 0.2) is 35.3 Å². The Morgan fingerprint density at radius 3 is 2.73 bits per heavy atom. The van der Waals surface area contributed by atoms with E-state index in [4.69, 9.17) is 9.47 Å². The van der Waals surface area contributed by atoms with Crippen molar-refractivity contribution in [3.05, 3.63) is 51.4 Å². The Bertz CT molecular complexity index is 1150. The number of thiazole rings is 1. The van der Waals surface area contributed by atoms with E-state index < -0.39 is 11.9 Å². The number of hydrogen-bond acceptors (Lipinski definition) is 7. The second-order valence-corrected chi connectivity index (χ2v) is 8.18. The first-order chi connectivity index (χ1) is 14.3. The predicted octanol–water partition coefficient (Wildman–Crippen LogP) is 3.23. The third kappa shape index (κ3) is 4.85. The molecule has 2 heterocycles. The molecule has 0 aliphatic rings. The number of nitrogens with one attached hydrogen (secondary N) is 1. The second kappa shape index (κ2) is 9.08. The van der Waals surface area contributed by atoms with Crippen LogP contribution in [0, 0.1) is 12.8 Å². The Morgan fingerprint density at radius 2 is 2.03 bits per heavy atom. The molecule has 3 rings (SSSR count). The summed E-state index contributed by atoms with van der Waals surface area (Å²) >= 11 is 1.05. The first kappa shape index (κ1) is 21.5. The maximum atomic E-state index is 12.7.